The van der Waals surface area contributed by atoms with Crippen LogP contribution in [-0.2, 0) is 9.53 Å². The molecule has 0 aromatic heterocycles. The standard InChI is InChI=1S/C16H24N2O3/c1-20-10-9-17-12-16(19)18-13-5-4-8-15(11-13)21-14-6-2-3-7-14/h4-5,8,11,14,17H,2-3,6-7,9-10,12H2,1H3,(H,18,19). The molecule has 0 saturated heterocycles. The van der Waals surface area contributed by atoms with Gasteiger partial charge in [0, 0.05) is 25.4 Å². The summed E-state index contributed by atoms with van der Waals surface area (Å²) in [6, 6.07) is 7.59. The molecule has 0 spiro atoms. The number of carbonyl (C=O) groups is 1. The van der Waals surface area contributed by atoms with Crippen LogP contribution in [0.15, 0.2) is 24.3 Å². The highest BCUT2D eigenvalue weighted by molar-refractivity contribution is 5.92. The highest BCUT2D eigenvalue weighted by Crippen LogP contribution is 2.25. The summed E-state index contributed by atoms with van der Waals surface area (Å²) in [5.74, 6) is 0.760. The molecule has 2 rings (SSSR count). The van der Waals surface area contributed by atoms with Crippen LogP contribution in [0.1, 0.15) is 25.7 Å². The van der Waals surface area contributed by atoms with Crippen molar-refractivity contribution in [2.75, 3.05) is 32.1 Å². The minimum atomic E-state index is -0.0656. The summed E-state index contributed by atoms with van der Waals surface area (Å²) in [4.78, 5) is 11.8. The molecule has 2 N–H and O–H groups in total. The van der Waals surface area contributed by atoms with Gasteiger partial charge < -0.3 is 20.1 Å². The third-order valence-electron chi connectivity index (χ3n) is 3.49. The molecular weight excluding hydrogens is 268 g/mol. The quantitative estimate of drug-likeness (QED) is 0.721. The van der Waals surface area contributed by atoms with E-state index in [4.69, 9.17) is 9.47 Å². The van der Waals surface area contributed by atoms with Crippen LogP contribution in [0.4, 0.5) is 5.69 Å². The second-order valence-corrected chi connectivity index (χ2v) is 5.27. The number of benzene rings is 1. The Morgan fingerprint density at radius 2 is 2.14 bits per heavy atom. The van der Waals surface area contributed by atoms with Crippen molar-refractivity contribution >= 4 is 11.6 Å². The van der Waals surface area contributed by atoms with Crippen LogP contribution in [0.25, 0.3) is 0 Å². The van der Waals surface area contributed by atoms with Gasteiger partial charge in [0.2, 0.25) is 5.91 Å². The van der Waals surface area contributed by atoms with E-state index < -0.39 is 0 Å². The minimum Gasteiger partial charge on any atom is -0.490 e. The van der Waals surface area contributed by atoms with Crippen molar-refractivity contribution in [2.45, 2.75) is 31.8 Å². The zero-order valence-electron chi connectivity index (χ0n) is 12.6. The lowest BCUT2D eigenvalue weighted by Gasteiger charge is -2.14. The zero-order chi connectivity index (χ0) is 14.9. The molecule has 116 valence electrons. The van der Waals surface area contributed by atoms with Gasteiger partial charge in [-0.3, -0.25) is 4.79 Å². The number of amides is 1. The normalized spacial score (nSPS) is 15.1. The molecule has 0 atom stereocenters. The van der Waals surface area contributed by atoms with E-state index in [1.807, 2.05) is 24.3 Å². The molecule has 1 aliphatic rings. The summed E-state index contributed by atoms with van der Waals surface area (Å²) in [5.41, 5.74) is 0.768. The average Bonchev–Trinajstić information content (AvgIpc) is 2.97. The van der Waals surface area contributed by atoms with E-state index in [1.54, 1.807) is 7.11 Å². The van der Waals surface area contributed by atoms with Crippen LogP contribution in [0.2, 0.25) is 0 Å². The highest BCUT2D eigenvalue weighted by Gasteiger charge is 2.16. The van der Waals surface area contributed by atoms with Crippen LogP contribution >= 0.6 is 0 Å². The first-order chi connectivity index (χ1) is 10.3. The van der Waals surface area contributed by atoms with E-state index >= 15 is 0 Å². The summed E-state index contributed by atoms with van der Waals surface area (Å²) < 4.78 is 10.8. The predicted molar refractivity (Wildman–Crippen MR) is 82.7 cm³/mol. The Morgan fingerprint density at radius 3 is 2.90 bits per heavy atom. The Morgan fingerprint density at radius 1 is 1.33 bits per heavy atom. The van der Waals surface area contributed by atoms with Crippen LogP contribution in [-0.4, -0.2) is 38.8 Å². The maximum absolute atomic E-state index is 11.8. The Labute approximate surface area is 126 Å². The predicted octanol–water partition coefficient (Wildman–Crippen LogP) is 2.18. The second-order valence-electron chi connectivity index (χ2n) is 5.27. The van der Waals surface area contributed by atoms with Crippen molar-refractivity contribution < 1.29 is 14.3 Å². The first-order valence-electron chi connectivity index (χ1n) is 7.54. The van der Waals surface area contributed by atoms with Crippen LogP contribution in [0.3, 0.4) is 0 Å². The monoisotopic (exact) mass is 292 g/mol. The molecule has 5 heteroatoms. The average molecular weight is 292 g/mol. The highest BCUT2D eigenvalue weighted by atomic mass is 16.5. The fraction of sp³-hybridized carbons (Fsp3) is 0.562. The minimum absolute atomic E-state index is 0.0656. The molecule has 0 heterocycles. The van der Waals surface area contributed by atoms with Gasteiger partial charge in [-0.1, -0.05) is 6.07 Å². The van der Waals surface area contributed by atoms with Gasteiger partial charge in [0.25, 0.3) is 0 Å². The molecule has 0 bridgehead atoms. The summed E-state index contributed by atoms with van der Waals surface area (Å²) >= 11 is 0. The molecule has 1 aromatic rings. The van der Waals surface area contributed by atoms with Crippen LogP contribution in [0, 0.1) is 0 Å². The molecule has 0 aliphatic heterocycles. The van der Waals surface area contributed by atoms with E-state index in [9.17, 15) is 4.79 Å². The Kier molecular flexibility index (Phi) is 6.50. The number of methoxy groups -OCH3 is 1. The van der Waals surface area contributed by atoms with E-state index in [-0.39, 0.29) is 12.5 Å². The lowest BCUT2D eigenvalue weighted by atomic mass is 10.2. The second kappa shape index (κ2) is 8.64. The zero-order valence-corrected chi connectivity index (χ0v) is 12.6. The third-order valence-corrected chi connectivity index (χ3v) is 3.49. The molecule has 1 aromatic carbocycles. The Hall–Kier alpha value is -1.59. The summed E-state index contributed by atoms with van der Waals surface area (Å²) in [6.07, 6.45) is 5.06. The summed E-state index contributed by atoms with van der Waals surface area (Å²) in [7, 11) is 1.64. The molecule has 1 amide bonds. The third kappa shape index (κ3) is 5.73. The topological polar surface area (TPSA) is 59.6 Å². The molecular formula is C16H24N2O3. The van der Waals surface area contributed by atoms with Crippen LogP contribution in [0.5, 0.6) is 5.75 Å². The maximum Gasteiger partial charge on any atom is 0.238 e. The Bertz CT molecular complexity index is 445. The van der Waals surface area contributed by atoms with Crippen LogP contribution < -0.4 is 15.4 Å². The van der Waals surface area contributed by atoms with E-state index in [2.05, 4.69) is 10.6 Å². The number of ether oxygens (including phenoxy) is 2. The smallest absolute Gasteiger partial charge is 0.238 e. The lowest BCUT2D eigenvalue weighted by molar-refractivity contribution is -0.115. The number of anilines is 1. The van der Waals surface area contributed by atoms with Crippen molar-refractivity contribution in [3.63, 3.8) is 0 Å². The SMILES string of the molecule is COCCNCC(=O)Nc1cccc(OC2CCCC2)c1. The van der Waals surface area contributed by atoms with Gasteiger partial charge >= 0.3 is 0 Å². The van der Waals surface area contributed by atoms with Gasteiger partial charge in [0.05, 0.1) is 19.3 Å². The van der Waals surface area contributed by atoms with Crippen molar-refractivity contribution in [1.82, 2.24) is 5.32 Å². The van der Waals surface area contributed by atoms with Gasteiger partial charge in [-0.05, 0) is 37.8 Å². The molecule has 21 heavy (non-hydrogen) atoms. The molecule has 0 unspecified atom stereocenters. The van der Waals surface area contributed by atoms with Gasteiger partial charge in [-0.15, -0.1) is 0 Å². The maximum atomic E-state index is 11.8. The van der Waals surface area contributed by atoms with E-state index in [0.717, 1.165) is 24.3 Å². The largest absolute Gasteiger partial charge is 0.490 e. The van der Waals surface area contributed by atoms with Gasteiger partial charge in [-0.25, -0.2) is 0 Å². The fourth-order valence-electron chi connectivity index (χ4n) is 2.43. The number of nitrogens with one attached hydrogen (secondary N) is 2. The van der Waals surface area contributed by atoms with Crippen molar-refractivity contribution in [3.8, 4) is 5.75 Å². The van der Waals surface area contributed by atoms with Gasteiger partial charge in [-0.2, -0.15) is 0 Å². The van der Waals surface area contributed by atoms with Gasteiger partial charge in [0.1, 0.15) is 5.75 Å². The molecule has 5 nitrogen and oxygen atoms in total. The summed E-state index contributed by atoms with van der Waals surface area (Å²) in [5, 5.41) is 5.87. The van der Waals surface area contributed by atoms with Crippen molar-refractivity contribution in [2.24, 2.45) is 0 Å². The lowest BCUT2D eigenvalue weighted by Crippen LogP contribution is -2.30. The fourth-order valence-corrected chi connectivity index (χ4v) is 2.43. The molecule has 0 radical (unpaired) electrons. The van der Waals surface area contributed by atoms with E-state index in [0.29, 0.717) is 19.3 Å². The first kappa shape index (κ1) is 15.8. The molecule has 1 saturated carbocycles. The number of rotatable bonds is 8. The molecule has 1 fully saturated rings. The number of hydrogen-bond acceptors (Lipinski definition) is 4. The van der Waals surface area contributed by atoms with E-state index in [1.165, 1.54) is 12.8 Å². The van der Waals surface area contributed by atoms with Gasteiger partial charge in [0.15, 0.2) is 0 Å². The summed E-state index contributed by atoms with van der Waals surface area (Å²) in [6.45, 7) is 1.53. The molecule has 1 aliphatic carbocycles. The first-order valence-corrected chi connectivity index (χ1v) is 7.54. The Balaban J connectivity index is 1.78. The number of carbonyl (C=O) groups excluding carboxylic acids is 1. The van der Waals surface area contributed by atoms with Crippen molar-refractivity contribution in [3.05, 3.63) is 24.3 Å². The number of hydrogen-bond donors (Lipinski definition) is 2. The van der Waals surface area contributed by atoms with Crippen molar-refractivity contribution in [1.29, 1.82) is 0 Å².